The van der Waals surface area contributed by atoms with Gasteiger partial charge in [-0.3, -0.25) is 0 Å². The molecule has 2 heterocycles. The van der Waals surface area contributed by atoms with E-state index in [1.807, 2.05) is 48.5 Å². The Bertz CT molecular complexity index is 1170. The van der Waals surface area contributed by atoms with Gasteiger partial charge in [0.25, 0.3) is 0 Å². The number of allylic oxidation sites excluding steroid dienone is 1. The van der Waals surface area contributed by atoms with Gasteiger partial charge < -0.3 is 13.9 Å². The van der Waals surface area contributed by atoms with Crippen LogP contribution in [0.3, 0.4) is 0 Å². The SMILES string of the molecule is O=C(OCc1ccccc1)C1=CC[C@@H](c2ccco2)[C@@]12N=C(c1ccccc1)OC2=O. The van der Waals surface area contributed by atoms with E-state index in [-0.39, 0.29) is 18.1 Å². The predicted molar refractivity (Wildman–Crippen MR) is 112 cm³/mol. The van der Waals surface area contributed by atoms with Crippen molar-refractivity contribution >= 4 is 17.8 Å². The lowest BCUT2D eigenvalue weighted by Crippen LogP contribution is -2.42. The second-order valence-corrected chi connectivity index (χ2v) is 7.42. The van der Waals surface area contributed by atoms with Crippen LogP contribution < -0.4 is 0 Å². The highest BCUT2D eigenvalue weighted by Crippen LogP contribution is 2.49. The summed E-state index contributed by atoms with van der Waals surface area (Å²) in [5, 5.41) is 0. The number of benzene rings is 2. The number of esters is 2. The van der Waals surface area contributed by atoms with Crippen LogP contribution in [0, 0.1) is 0 Å². The lowest BCUT2D eigenvalue weighted by Gasteiger charge is -2.25. The van der Waals surface area contributed by atoms with Crippen LogP contribution in [0.15, 0.2) is 100 Å². The molecule has 1 aliphatic heterocycles. The largest absolute Gasteiger partial charge is 0.469 e. The Morgan fingerprint density at radius 1 is 1.03 bits per heavy atom. The maximum Gasteiger partial charge on any atom is 0.346 e. The highest BCUT2D eigenvalue weighted by atomic mass is 16.6. The summed E-state index contributed by atoms with van der Waals surface area (Å²) >= 11 is 0. The van der Waals surface area contributed by atoms with E-state index >= 15 is 0 Å². The topological polar surface area (TPSA) is 78.1 Å². The third-order valence-electron chi connectivity index (χ3n) is 5.59. The fourth-order valence-electron chi connectivity index (χ4n) is 4.09. The van der Waals surface area contributed by atoms with Gasteiger partial charge in [0.15, 0.2) is 0 Å². The number of furan rings is 1. The van der Waals surface area contributed by atoms with Gasteiger partial charge in [-0.05, 0) is 36.2 Å². The average Bonchev–Trinajstić information content (AvgIpc) is 3.54. The van der Waals surface area contributed by atoms with E-state index in [1.54, 1.807) is 30.3 Å². The molecule has 1 aromatic heterocycles. The Labute approximate surface area is 178 Å². The smallest absolute Gasteiger partial charge is 0.346 e. The number of hydrogen-bond donors (Lipinski definition) is 0. The summed E-state index contributed by atoms with van der Waals surface area (Å²) in [7, 11) is 0. The van der Waals surface area contributed by atoms with E-state index < -0.39 is 23.4 Å². The molecule has 5 rings (SSSR count). The quantitative estimate of drug-likeness (QED) is 0.587. The minimum atomic E-state index is -1.53. The number of rotatable bonds is 5. The van der Waals surface area contributed by atoms with Crippen LogP contribution in [0.5, 0.6) is 0 Å². The molecule has 6 nitrogen and oxygen atoms in total. The van der Waals surface area contributed by atoms with Crippen molar-refractivity contribution in [2.45, 2.75) is 24.5 Å². The van der Waals surface area contributed by atoms with Gasteiger partial charge in [-0.2, -0.15) is 0 Å². The number of aliphatic imine (C=N–C) groups is 1. The molecule has 0 N–H and O–H groups in total. The Morgan fingerprint density at radius 2 is 1.77 bits per heavy atom. The predicted octanol–water partition coefficient (Wildman–Crippen LogP) is 4.18. The van der Waals surface area contributed by atoms with Gasteiger partial charge in [0.2, 0.25) is 11.4 Å². The molecular weight excluding hydrogens is 394 g/mol. The zero-order chi connectivity index (χ0) is 21.3. The molecule has 0 radical (unpaired) electrons. The molecule has 0 fully saturated rings. The molecule has 0 saturated carbocycles. The summed E-state index contributed by atoms with van der Waals surface area (Å²) in [5.41, 5.74) is 0.167. The summed E-state index contributed by atoms with van der Waals surface area (Å²) in [6, 6.07) is 22.0. The Kier molecular flexibility index (Phi) is 4.75. The Hall–Kier alpha value is -3.93. The lowest BCUT2D eigenvalue weighted by atomic mass is 9.81. The lowest BCUT2D eigenvalue weighted by molar-refractivity contribution is -0.145. The standard InChI is InChI=1S/C25H19NO5/c27-23(30-16-17-8-3-1-4-9-17)20-14-13-19(21-12-7-15-29-21)25(20)24(28)31-22(26-25)18-10-5-2-6-11-18/h1-12,14-15,19H,13,16H2/t19-,25+/m0/s1. The van der Waals surface area contributed by atoms with Crippen LogP contribution in [-0.4, -0.2) is 23.4 Å². The van der Waals surface area contributed by atoms with Crippen molar-refractivity contribution in [3.63, 3.8) is 0 Å². The average molecular weight is 413 g/mol. The van der Waals surface area contributed by atoms with Gasteiger partial charge in [-0.1, -0.05) is 54.6 Å². The first kappa shape index (κ1) is 19.1. The molecule has 2 atom stereocenters. The molecule has 3 aromatic rings. The van der Waals surface area contributed by atoms with E-state index in [0.717, 1.165) is 5.56 Å². The maximum atomic E-state index is 13.2. The normalized spacial score (nSPS) is 22.2. The van der Waals surface area contributed by atoms with Gasteiger partial charge in [0.1, 0.15) is 12.4 Å². The summed E-state index contributed by atoms with van der Waals surface area (Å²) in [6.07, 6.45) is 3.65. The molecule has 1 aliphatic carbocycles. The minimum Gasteiger partial charge on any atom is -0.469 e. The van der Waals surface area contributed by atoms with Crippen LogP contribution in [-0.2, 0) is 25.7 Å². The van der Waals surface area contributed by atoms with Crippen molar-refractivity contribution in [1.82, 2.24) is 0 Å². The number of hydrogen-bond acceptors (Lipinski definition) is 6. The fourth-order valence-corrected chi connectivity index (χ4v) is 4.09. The third-order valence-corrected chi connectivity index (χ3v) is 5.59. The molecule has 0 unspecified atom stereocenters. The van der Waals surface area contributed by atoms with Crippen LogP contribution >= 0.6 is 0 Å². The molecule has 31 heavy (non-hydrogen) atoms. The number of cyclic esters (lactones) is 1. The van der Waals surface area contributed by atoms with Crippen molar-refractivity contribution in [2.75, 3.05) is 0 Å². The highest BCUT2D eigenvalue weighted by molar-refractivity contribution is 6.14. The number of ether oxygens (including phenoxy) is 2. The van der Waals surface area contributed by atoms with Crippen LogP contribution in [0.2, 0.25) is 0 Å². The first-order chi connectivity index (χ1) is 15.2. The van der Waals surface area contributed by atoms with Crippen LogP contribution in [0.25, 0.3) is 0 Å². The van der Waals surface area contributed by atoms with E-state index in [1.165, 1.54) is 6.26 Å². The number of carbonyl (C=O) groups is 2. The molecule has 0 amide bonds. The second kappa shape index (κ2) is 7.72. The summed E-state index contributed by atoms with van der Waals surface area (Å²) in [5.74, 6) is -0.931. The van der Waals surface area contributed by atoms with Gasteiger partial charge in [-0.15, -0.1) is 0 Å². The van der Waals surface area contributed by atoms with E-state index in [9.17, 15) is 9.59 Å². The Balaban J connectivity index is 1.51. The Morgan fingerprint density at radius 3 is 2.48 bits per heavy atom. The first-order valence-corrected chi connectivity index (χ1v) is 10.0. The summed E-state index contributed by atoms with van der Waals surface area (Å²) in [6.45, 7) is 0.100. The molecule has 1 spiro atoms. The molecule has 2 aliphatic rings. The monoisotopic (exact) mass is 413 g/mol. The van der Waals surface area contributed by atoms with Gasteiger partial charge in [0, 0.05) is 5.56 Å². The van der Waals surface area contributed by atoms with Crippen molar-refractivity contribution < 1.29 is 23.5 Å². The minimum absolute atomic E-state index is 0.100. The second-order valence-electron chi connectivity index (χ2n) is 7.42. The highest BCUT2D eigenvalue weighted by Gasteiger charge is 2.61. The summed E-state index contributed by atoms with van der Waals surface area (Å²) < 4.78 is 16.7. The van der Waals surface area contributed by atoms with Crippen molar-refractivity contribution in [3.8, 4) is 0 Å². The third kappa shape index (κ3) is 3.26. The maximum absolute atomic E-state index is 13.2. The molecular formula is C25H19NO5. The molecule has 154 valence electrons. The number of carbonyl (C=O) groups excluding carboxylic acids is 2. The van der Waals surface area contributed by atoms with E-state index in [2.05, 4.69) is 4.99 Å². The summed E-state index contributed by atoms with van der Waals surface area (Å²) in [4.78, 5) is 31.0. The fraction of sp³-hybridized carbons (Fsp3) is 0.160. The number of nitrogens with zero attached hydrogens (tertiary/aromatic N) is 1. The molecule has 6 heteroatoms. The molecule has 0 bridgehead atoms. The zero-order valence-corrected chi connectivity index (χ0v) is 16.6. The molecule has 2 aromatic carbocycles. The van der Waals surface area contributed by atoms with E-state index in [4.69, 9.17) is 13.9 Å². The van der Waals surface area contributed by atoms with Crippen molar-refractivity contribution in [1.29, 1.82) is 0 Å². The van der Waals surface area contributed by atoms with Crippen LogP contribution in [0.1, 0.15) is 29.2 Å². The van der Waals surface area contributed by atoms with Crippen molar-refractivity contribution in [2.24, 2.45) is 4.99 Å². The first-order valence-electron chi connectivity index (χ1n) is 10.0. The van der Waals surface area contributed by atoms with Crippen molar-refractivity contribution in [3.05, 3.63) is 108 Å². The van der Waals surface area contributed by atoms with Crippen LogP contribution in [0.4, 0.5) is 0 Å². The van der Waals surface area contributed by atoms with Gasteiger partial charge >= 0.3 is 11.9 Å². The van der Waals surface area contributed by atoms with E-state index in [0.29, 0.717) is 17.7 Å². The van der Waals surface area contributed by atoms with Gasteiger partial charge in [-0.25, -0.2) is 14.6 Å². The zero-order valence-electron chi connectivity index (χ0n) is 16.6. The molecule has 0 saturated heterocycles. The van der Waals surface area contributed by atoms with Gasteiger partial charge in [0.05, 0.1) is 17.8 Å².